The fraction of sp³-hybridized carbons (Fsp3) is 0.286. The van der Waals surface area contributed by atoms with Gasteiger partial charge in [-0.3, -0.25) is 9.59 Å². The second-order valence-electron chi connectivity index (χ2n) is 4.25. The van der Waals surface area contributed by atoms with Crippen LogP contribution in [0.15, 0.2) is 24.3 Å². The molecule has 0 bridgehead atoms. The molecule has 92 valence electrons. The molecular formula is C14H13NO3. The number of carbonyl (C=O) groups excluding carboxylic acids is 1. The van der Waals surface area contributed by atoms with E-state index in [2.05, 4.69) is 5.92 Å². The summed E-state index contributed by atoms with van der Waals surface area (Å²) in [4.78, 5) is 24.5. The number of benzene rings is 1. The highest BCUT2D eigenvalue weighted by Crippen LogP contribution is 2.30. The third-order valence-corrected chi connectivity index (χ3v) is 3.06. The Labute approximate surface area is 105 Å². The van der Waals surface area contributed by atoms with Crippen molar-refractivity contribution in [2.45, 2.75) is 12.8 Å². The summed E-state index contributed by atoms with van der Waals surface area (Å²) in [6.07, 6.45) is 5.57. The SMILES string of the molecule is C#CCC(=O)N1CC(C(=O)O)Cc2ccccc21. The number of hydrogen-bond acceptors (Lipinski definition) is 2. The van der Waals surface area contributed by atoms with Crippen LogP contribution in [0, 0.1) is 18.3 Å². The van der Waals surface area contributed by atoms with E-state index in [0.717, 1.165) is 11.3 Å². The number of carboxylic acids is 1. The minimum Gasteiger partial charge on any atom is -0.481 e. The summed E-state index contributed by atoms with van der Waals surface area (Å²) < 4.78 is 0. The molecule has 0 saturated carbocycles. The molecule has 0 saturated heterocycles. The quantitative estimate of drug-likeness (QED) is 0.796. The second-order valence-corrected chi connectivity index (χ2v) is 4.25. The molecule has 1 unspecified atom stereocenters. The van der Waals surface area contributed by atoms with Crippen LogP contribution >= 0.6 is 0 Å². The van der Waals surface area contributed by atoms with Crippen LogP contribution in [0.3, 0.4) is 0 Å². The Kier molecular flexibility index (Phi) is 3.33. The molecule has 1 aromatic carbocycles. The van der Waals surface area contributed by atoms with Crippen LogP contribution in [-0.4, -0.2) is 23.5 Å². The number of anilines is 1. The van der Waals surface area contributed by atoms with Crippen LogP contribution in [0.1, 0.15) is 12.0 Å². The van der Waals surface area contributed by atoms with Gasteiger partial charge >= 0.3 is 5.97 Å². The lowest BCUT2D eigenvalue weighted by Crippen LogP contribution is -2.42. The molecule has 1 amide bonds. The molecule has 1 aliphatic heterocycles. The molecule has 1 heterocycles. The monoisotopic (exact) mass is 243 g/mol. The van der Waals surface area contributed by atoms with E-state index in [4.69, 9.17) is 11.5 Å². The minimum atomic E-state index is -0.886. The first-order valence-corrected chi connectivity index (χ1v) is 5.68. The predicted octanol–water partition coefficient (Wildman–Crippen LogP) is 1.30. The number of terminal acetylenes is 1. The summed E-state index contributed by atoms with van der Waals surface area (Å²) >= 11 is 0. The number of carbonyl (C=O) groups is 2. The zero-order chi connectivity index (χ0) is 13.1. The molecule has 0 aliphatic carbocycles. The highest BCUT2D eigenvalue weighted by Gasteiger charge is 2.31. The molecule has 1 atom stereocenters. The Morgan fingerprint density at radius 1 is 1.44 bits per heavy atom. The van der Waals surface area contributed by atoms with Gasteiger partial charge in [-0.05, 0) is 18.1 Å². The molecule has 1 aliphatic rings. The van der Waals surface area contributed by atoms with E-state index in [0.29, 0.717) is 6.42 Å². The number of nitrogens with zero attached hydrogens (tertiary/aromatic N) is 1. The van der Waals surface area contributed by atoms with Gasteiger partial charge in [0.2, 0.25) is 5.91 Å². The maximum atomic E-state index is 11.9. The standard InChI is InChI=1S/C14H13NO3/c1-2-5-13(16)15-9-11(14(17)18)8-10-6-3-4-7-12(10)15/h1,3-4,6-7,11H,5,8-9H2,(H,17,18). The number of carboxylic acid groups (broad SMARTS) is 1. The second kappa shape index (κ2) is 4.92. The topological polar surface area (TPSA) is 57.6 Å². The van der Waals surface area contributed by atoms with E-state index in [1.807, 2.05) is 24.3 Å². The van der Waals surface area contributed by atoms with Crippen molar-refractivity contribution in [3.8, 4) is 12.3 Å². The molecule has 0 fully saturated rings. The van der Waals surface area contributed by atoms with E-state index < -0.39 is 11.9 Å². The Bertz CT molecular complexity index is 530. The molecular weight excluding hydrogens is 230 g/mol. The third kappa shape index (κ3) is 2.21. The van der Waals surface area contributed by atoms with Crippen LogP contribution in [0.4, 0.5) is 5.69 Å². The van der Waals surface area contributed by atoms with Gasteiger partial charge in [0, 0.05) is 12.2 Å². The molecule has 0 aromatic heterocycles. The van der Waals surface area contributed by atoms with E-state index in [1.54, 1.807) is 0 Å². The van der Waals surface area contributed by atoms with E-state index in [-0.39, 0.29) is 18.9 Å². The Hall–Kier alpha value is -2.28. The highest BCUT2D eigenvalue weighted by atomic mass is 16.4. The fourth-order valence-corrected chi connectivity index (χ4v) is 2.18. The van der Waals surface area contributed by atoms with E-state index in [9.17, 15) is 9.59 Å². The summed E-state index contributed by atoms with van der Waals surface area (Å²) in [7, 11) is 0. The normalized spacial score (nSPS) is 17.7. The van der Waals surface area contributed by atoms with Gasteiger partial charge in [-0.15, -0.1) is 6.42 Å². The fourth-order valence-electron chi connectivity index (χ4n) is 2.18. The lowest BCUT2D eigenvalue weighted by molar-refractivity contribution is -0.141. The number of amides is 1. The lowest BCUT2D eigenvalue weighted by atomic mass is 9.92. The molecule has 2 rings (SSSR count). The molecule has 18 heavy (non-hydrogen) atoms. The van der Waals surface area contributed by atoms with Gasteiger partial charge < -0.3 is 10.0 Å². The molecule has 1 N–H and O–H groups in total. The largest absolute Gasteiger partial charge is 0.481 e. The van der Waals surface area contributed by atoms with Gasteiger partial charge in [-0.2, -0.15) is 0 Å². The molecule has 4 heteroatoms. The van der Waals surface area contributed by atoms with Gasteiger partial charge in [0.25, 0.3) is 0 Å². The zero-order valence-corrected chi connectivity index (χ0v) is 9.80. The van der Waals surface area contributed by atoms with E-state index in [1.165, 1.54) is 4.90 Å². The predicted molar refractivity (Wildman–Crippen MR) is 67.1 cm³/mol. The van der Waals surface area contributed by atoms with Crippen LogP contribution < -0.4 is 4.90 Å². The van der Waals surface area contributed by atoms with Crippen molar-refractivity contribution < 1.29 is 14.7 Å². The first-order valence-electron chi connectivity index (χ1n) is 5.68. The van der Waals surface area contributed by atoms with Crippen molar-refractivity contribution in [3.05, 3.63) is 29.8 Å². The van der Waals surface area contributed by atoms with Crippen LogP contribution in [0.5, 0.6) is 0 Å². The maximum absolute atomic E-state index is 11.9. The molecule has 4 nitrogen and oxygen atoms in total. The first kappa shape index (κ1) is 12.2. The number of fused-ring (bicyclic) bond motifs is 1. The van der Waals surface area contributed by atoms with Crippen molar-refractivity contribution in [2.24, 2.45) is 5.92 Å². The average Bonchev–Trinajstić information content (AvgIpc) is 2.37. The molecule has 0 radical (unpaired) electrons. The van der Waals surface area contributed by atoms with Gasteiger partial charge in [0.05, 0.1) is 12.3 Å². The van der Waals surface area contributed by atoms with Crippen LogP contribution in [-0.2, 0) is 16.0 Å². The van der Waals surface area contributed by atoms with Crippen molar-refractivity contribution >= 4 is 17.6 Å². The van der Waals surface area contributed by atoms with Gasteiger partial charge in [-0.1, -0.05) is 24.1 Å². The Morgan fingerprint density at radius 2 is 2.17 bits per heavy atom. The zero-order valence-electron chi connectivity index (χ0n) is 9.80. The summed E-state index contributed by atoms with van der Waals surface area (Å²) in [5.74, 6) is 0.621. The van der Waals surface area contributed by atoms with Gasteiger partial charge in [-0.25, -0.2) is 0 Å². The van der Waals surface area contributed by atoms with Crippen molar-refractivity contribution in [2.75, 3.05) is 11.4 Å². The molecule has 1 aromatic rings. The number of rotatable bonds is 2. The van der Waals surface area contributed by atoms with Crippen LogP contribution in [0.25, 0.3) is 0 Å². The van der Waals surface area contributed by atoms with Crippen LogP contribution in [0.2, 0.25) is 0 Å². The van der Waals surface area contributed by atoms with Crippen molar-refractivity contribution in [1.29, 1.82) is 0 Å². The van der Waals surface area contributed by atoms with Crippen molar-refractivity contribution in [1.82, 2.24) is 0 Å². The smallest absolute Gasteiger partial charge is 0.308 e. The summed E-state index contributed by atoms with van der Waals surface area (Å²) in [6, 6.07) is 7.34. The average molecular weight is 243 g/mol. The van der Waals surface area contributed by atoms with Gasteiger partial charge in [0.1, 0.15) is 0 Å². The minimum absolute atomic E-state index is 0.0132. The summed E-state index contributed by atoms with van der Waals surface area (Å²) in [5, 5.41) is 9.11. The summed E-state index contributed by atoms with van der Waals surface area (Å²) in [5.41, 5.74) is 1.65. The summed E-state index contributed by atoms with van der Waals surface area (Å²) in [6.45, 7) is 0.187. The Balaban J connectivity index is 2.37. The Morgan fingerprint density at radius 3 is 2.83 bits per heavy atom. The first-order chi connectivity index (χ1) is 8.63. The van der Waals surface area contributed by atoms with Gasteiger partial charge in [0.15, 0.2) is 0 Å². The number of para-hydroxylation sites is 1. The number of hydrogen-bond donors (Lipinski definition) is 1. The molecule has 0 spiro atoms. The van der Waals surface area contributed by atoms with E-state index >= 15 is 0 Å². The lowest BCUT2D eigenvalue weighted by Gasteiger charge is -2.32. The highest BCUT2D eigenvalue weighted by molar-refractivity contribution is 5.96. The number of aliphatic carboxylic acids is 1. The third-order valence-electron chi connectivity index (χ3n) is 3.06. The van der Waals surface area contributed by atoms with Crippen molar-refractivity contribution in [3.63, 3.8) is 0 Å². The maximum Gasteiger partial charge on any atom is 0.308 e.